The van der Waals surface area contributed by atoms with Crippen LogP contribution in [-0.4, -0.2) is 142 Å². The quantitative estimate of drug-likeness (QED) is 0.0279. The average Bonchev–Trinajstić information content (AvgIpc) is 3.19. The summed E-state index contributed by atoms with van der Waals surface area (Å²) in [6, 6.07) is 0. The third kappa shape index (κ3) is 20.6. The van der Waals surface area contributed by atoms with Gasteiger partial charge in [0.25, 0.3) is 0 Å². The minimum absolute atomic E-state index is 0.0613. The van der Waals surface area contributed by atoms with Gasteiger partial charge in [-0.2, -0.15) is 0 Å². The summed E-state index contributed by atoms with van der Waals surface area (Å²) in [7, 11) is 0. The molecule has 2 aliphatic rings. The molecule has 14 nitrogen and oxygen atoms in total. The van der Waals surface area contributed by atoms with Crippen molar-refractivity contribution in [3.05, 3.63) is 12.2 Å². The lowest BCUT2D eigenvalue weighted by molar-refractivity contribution is -0.332. The van der Waals surface area contributed by atoms with Crippen LogP contribution in [0.3, 0.4) is 0 Å². The minimum Gasteiger partial charge on any atom is -0.457 e. The number of allylic oxidation sites excluding steroid dienone is 2. The molecule has 0 spiro atoms. The number of hydrogen-bond acceptors (Lipinski definition) is 14. The molecule has 2 saturated heterocycles. The number of carbonyl (C=O) groups excluding carboxylic acids is 1. The van der Waals surface area contributed by atoms with E-state index in [1.807, 2.05) is 0 Å². The Labute approximate surface area is 335 Å². The maximum atomic E-state index is 12.9. The van der Waals surface area contributed by atoms with Gasteiger partial charge in [-0.1, -0.05) is 122 Å². The smallest absolute Gasteiger partial charge is 0.306 e. The number of esters is 1. The Morgan fingerprint density at radius 3 is 1.68 bits per heavy atom. The van der Waals surface area contributed by atoms with E-state index in [9.17, 15) is 40.5 Å². The molecule has 330 valence electrons. The fourth-order valence-electron chi connectivity index (χ4n) is 6.85. The summed E-state index contributed by atoms with van der Waals surface area (Å²) in [6.07, 6.45) is 11.5. The van der Waals surface area contributed by atoms with Crippen molar-refractivity contribution in [2.75, 3.05) is 33.0 Å². The van der Waals surface area contributed by atoms with Crippen LogP contribution in [0.25, 0.3) is 0 Å². The zero-order valence-corrected chi connectivity index (χ0v) is 34.4. The van der Waals surface area contributed by atoms with Crippen LogP contribution in [0.4, 0.5) is 0 Å². The summed E-state index contributed by atoms with van der Waals surface area (Å²) >= 11 is 0. The fraction of sp³-hybridized carbons (Fsp3) is 0.929. The molecule has 0 aromatic rings. The second-order valence-corrected chi connectivity index (χ2v) is 15.5. The largest absolute Gasteiger partial charge is 0.457 e. The van der Waals surface area contributed by atoms with Crippen molar-refractivity contribution in [3.63, 3.8) is 0 Å². The monoisotopic (exact) mass is 807 g/mol. The standard InChI is InChI=1S/C42H78O14/c1-3-5-7-9-11-13-15-16-18-20-22-24-26-51-28-31(54-34(44)25-23-21-19-17-14-12-10-8-6-4-2)29-52-41-40(50)38(48)36(46)33(56-41)30-53-42-39(49)37(47)35(45)32(27-43)55-42/h9,11,31-33,35-43,45-50H,3-8,10,12-30H2,1-2H3/b11-9-. The molecule has 0 bridgehead atoms. The minimum atomic E-state index is -1.70. The zero-order chi connectivity index (χ0) is 41.0. The molecule has 14 heteroatoms. The predicted octanol–water partition coefficient (Wildman–Crippen LogP) is 4.34. The summed E-state index contributed by atoms with van der Waals surface area (Å²) < 4.78 is 34.0. The van der Waals surface area contributed by atoms with Crippen LogP contribution in [0.1, 0.15) is 149 Å². The lowest BCUT2D eigenvalue weighted by Gasteiger charge is -2.42. The number of hydrogen-bond donors (Lipinski definition) is 7. The molecule has 0 aromatic heterocycles. The maximum Gasteiger partial charge on any atom is 0.306 e. The van der Waals surface area contributed by atoms with Crippen molar-refractivity contribution >= 4 is 5.97 Å². The second kappa shape index (κ2) is 31.6. The van der Waals surface area contributed by atoms with Crippen LogP contribution in [0.15, 0.2) is 12.2 Å². The number of ether oxygens (including phenoxy) is 6. The summed E-state index contributed by atoms with van der Waals surface area (Å²) in [5, 5.41) is 71.7. The number of carbonyl (C=O) groups is 1. The van der Waals surface area contributed by atoms with Crippen LogP contribution in [-0.2, 0) is 33.2 Å². The second-order valence-electron chi connectivity index (χ2n) is 15.5. The number of rotatable bonds is 33. The van der Waals surface area contributed by atoms with Crippen LogP contribution in [0, 0.1) is 0 Å². The molecule has 56 heavy (non-hydrogen) atoms. The molecular formula is C42H78O14. The molecule has 7 N–H and O–H groups in total. The van der Waals surface area contributed by atoms with Crippen molar-refractivity contribution in [2.24, 2.45) is 0 Å². The Bertz CT molecular complexity index is 985. The van der Waals surface area contributed by atoms with Crippen molar-refractivity contribution in [2.45, 2.75) is 216 Å². The Hall–Kier alpha value is -1.27. The van der Waals surface area contributed by atoms with Crippen molar-refractivity contribution in [1.82, 2.24) is 0 Å². The SMILES string of the molecule is CCCC/C=C\CCCCCCCCOCC(COC1OC(COC2OC(CO)C(O)C(O)C2O)C(O)C(O)C1O)OC(=O)CCCCCCCCCCCC. The van der Waals surface area contributed by atoms with Gasteiger partial charge in [0, 0.05) is 13.0 Å². The summed E-state index contributed by atoms with van der Waals surface area (Å²) in [5.41, 5.74) is 0. The van der Waals surface area contributed by atoms with Gasteiger partial charge in [-0.15, -0.1) is 0 Å². The third-order valence-electron chi connectivity index (χ3n) is 10.5. The van der Waals surface area contributed by atoms with Crippen LogP contribution >= 0.6 is 0 Å². The van der Waals surface area contributed by atoms with E-state index >= 15 is 0 Å². The van der Waals surface area contributed by atoms with Gasteiger partial charge in [0.1, 0.15) is 54.9 Å². The van der Waals surface area contributed by atoms with Crippen LogP contribution in [0.5, 0.6) is 0 Å². The highest BCUT2D eigenvalue weighted by atomic mass is 16.7. The van der Waals surface area contributed by atoms with E-state index in [4.69, 9.17) is 28.4 Å². The normalized spacial score (nSPS) is 28.9. The Balaban J connectivity index is 1.84. The summed E-state index contributed by atoms with van der Waals surface area (Å²) in [4.78, 5) is 12.9. The van der Waals surface area contributed by atoms with Crippen molar-refractivity contribution in [1.29, 1.82) is 0 Å². The molecule has 0 amide bonds. The lowest BCUT2D eigenvalue weighted by Crippen LogP contribution is -2.61. The van der Waals surface area contributed by atoms with Gasteiger partial charge >= 0.3 is 5.97 Å². The Kier molecular flexibility index (Phi) is 28.7. The molecule has 2 aliphatic heterocycles. The van der Waals surface area contributed by atoms with Gasteiger partial charge in [0.2, 0.25) is 0 Å². The first-order chi connectivity index (χ1) is 27.1. The zero-order valence-electron chi connectivity index (χ0n) is 34.4. The molecular weight excluding hydrogens is 728 g/mol. The van der Waals surface area contributed by atoms with E-state index in [1.165, 1.54) is 77.0 Å². The van der Waals surface area contributed by atoms with Gasteiger partial charge in [0.05, 0.1) is 26.4 Å². The molecule has 2 rings (SSSR count). The fourth-order valence-corrected chi connectivity index (χ4v) is 6.85. The Morgan fingerprint density at radius 2 is 1.07 bits per heavy atom. The topological polar surface area (TPSA) is 214 Å². The number of unbranched alkanes of at least 4 members (excludes halogenated alkanes) is 17. The van der Waals surface area contributed by atoms with E-state index in [2.05, 4.69) is 26.0 Å². The molecule has 0 radical (unpaired) electrons. The molecule has 0 aliphatic carbocycles. The molecule has 11 atom stereocenters. The average molecular weight is 807 g/mol. The number of aliphatic hydroxyl groups is 7. The van der Waals surface area contributed by atoms with Crippen LogP contribution in [0.2, 0.25) is 0 Å². The van der Waals surface area contributed by atoms with E-state index in [0.717, 1.165) is 44.9 Å². The van der Waals surface area contributed by atoms with Gasteiger partial charge in [-0.25, -0.2) is 0 Å². The van der Waals surface area contributed by atoms with Crippen molar-refractivity contribution in [3.8, 4) is 0 Å². The first-order valence-electron chi connectivity index (χ1n) is 21.8. The van der Waals surface area contributed by atoms with E-state index < -0.39 is 80.7 Å². The van der Waals surface area contributed by atoms with E-state index in [0.29, 0.717) is 13.0 Å². The van der Waals surface area contributed by atoms with E-state index in [1.54, 1.807) is 0 Å². The first-order valence-corrected chi connectivity index (χ1v) is 21.8. The van der Waals surface area contributed by atoms with Crippen molar-refractivity contribution < 1.29 is 69.0 Å². The first kappa shape index (κ1) is 50.9. The molecule has 2 heterocycles. The maximum absolute atomic E-state index is 12.9. The third-order valence-corrected chi connectivity index (χ3v) is 10.5. The van der Waals surface area contributed by atoms with Gasteiger partial charge in [-0.3, -0.25) is 4.79 Å². The highest BCUT2D eigenvalue weighted by molar-refractivity contribution is 5.69. The molecule has 11 unspecified atom stereocenters. The van der Waals surface area contributed by atoms with Gasteiger partial charge < -0.3 is 64.2 Å². The van der Waals surface area contributed by atoms with Gasteiger partial charge in [-0.05, 0) is 32.1 Å². The Morgan fingerprint density at radius 1 is 0.571 bits per heavy atom. The molecule has 2 fully saturated rings. The number of aliphatic hydroxyl groups excluding tert-OH is 7. The predicted molar refractivity (Wildman–Crippen MR) is 210 cm³/mol. The van der Waals surface area contributed by atoms with Gasteiger partial charge in [0.15, 0.2) is 12.6 Å². The van der Waals surface area contributed by atoms with E-state index in [-0.39, 0.29) is 25.6 Å². The van der Waals surface area contributed by atoms with Crippen LogP contribution < -0.4 is 0 Å². The highest BCUT2D eigenvalue weighted by Gasteiger charge is 2.47. The summed E-state index contributed by atoms with van der Waals surface area (Å²) in [5.74, 6) is -0.381. The lowest BCUT2D eigenvalue weighted by atomic mass is 9.98. The highest BCUT2D eigenvalue weighted by Crippen LogP contribution is 2.26. The molecule has 0 aromatic carbocycles. The molecule has 0 saturated carbocycles. The summed E-state index contributed by atoms with van der Waals surface area (Å²) in [6.45, 7) is 3.61.